The third-order valence-corrected chi connectivity index (χ3v) is 5.64. The van der Waals surface area contributed by atoms with Gasteiger partial charge in [0.25, 0.3) is 0 Å². The highest BCUT2D eigenvalue weighted by atomic mass is 32.2. The SMILES string of the molecule is Cn1c(CCCNc2ccccc2S(=O)(=O)C(F)F)nc2ccccc21. The first-order chi connectivity index (χ1) is 12.4. The van der Waals surface area contributed by atoms with Crippen molar-refractivity contribution in [2.45, 2.75) is 23.5 Å². The zero-order valence-corrected chi connectivity index (χ0v) is 15.0. The molecule has 138 valence electrons. The van der Waals surface area contributed by atoms with E-state index < -0.39 is 15.6 Å². The number of para-hydroxylation sites is 3. The van der Waals surface area contributed by atoms with Crippen LogP contribution >= 0.6 is 0 Å². The van der Waals surface area contributed by atoms with Crippen molar-refractivity contribution >= 4 is 26.6 Å². The summed E-state index contributed by atoms with van der Waals surface area (Å²) in [7, 11) is -2.69. The Hall–Kier alpha value is -2.48. The van der Waals surface area contributed by atoms with Crippen LogP contribution < -0.4 is 5.32 Å². The average molecular weight is 379 g/mol. The highest BCUT2D eigenvalue weighted by Crippen LogP contribution is 2.26. The lowest BCUT2D eigenvalue weighted by Crippen LogP contribution is -2.15. The monoisotopic (exact) mass is 379 g/mol. The molecule has 0 aliphatic carbocycles. The van der Waals surface area contributed by atoms with Gasteiger partial charge in [-0.3, -0.25) is 0 Å². The predicted molar refractivity (Wildman–Crippen MR) is 97.2 cm³/mol. The van der Waals surface area contributed by atoms with Crippen LogP contribution in [0, 0.1) is 0 Å². The van der Waals surface area contributed by atoms with Crippen LogP contribution in [0.2, 0.25) is 0 Å². The second kappa shape index (κ2) is 7.41. The summed E-state index contributed by atoms with van der Waals surface area (Å²) in [5, 5.41) is 2.95. The fourth-order valence-corrected chi connectivity index (χ4v) is 3.75. The Kier molecular flexibility index (Phi) is 5.22. The first-order valence-corrected chi connectivity index (χ1v) is 9.71. The highest BCUT2D eigenvalue weighted by Gasteiger charge is 2.28. The fourth-order valence-electron chi connectivity index (χ4n) is 2.85. The predicted octanol–water partition coefficient (Wildman–Crippen LogP) is 3.61. The number of nitrogens with one attached hydrogen (secondary N) is 1. The zero-order chi connectivity index (χ0) is 18.7. The van der Waals surface area contributed by atoms with Gasteiger partial charge in [0, 0.05) is 20.0 Å². The summed E-state index contributed by atoms with van der Waals surface area (Å²) in [4.78, 5) is 4.20. The molecule has 26 heavy (non-hydrogen) atoms. The Labute approximate surface area is 150 Å². The molecule has 0 fully saturated rings. The number of imidazole rings is 1. The minimum absolute atomic E-state index is 0.192. The van der Waals surface area contributed by atoms with E-state index >= 15 is 0 Å². The van der Waals surface area contributed by atoms with Crippen LogP contribution in [-0.2, 0) is 23.3 Å². The van der Waals surface area contributed by atoms with Crippen molar-refractivity contribution in [3.05, 3.63) is 54.4 Å². The summed E-state index contributed by atoms with van der Waals surface area (Å²) in [5.41, 5.74) is 2.16. The first kappa shape index (κ1) is 18.3. The van der Waals surface area contributed by atoms with Gasteiger partial charge in [0.1, 0.15) is 5.82 Å². The molecular formula is C18H19F2N3O2S. The normalized spacial score (nSPS) is 12.0. The number of alkyl halides is 2. The number of nitrogens with zero attached hydrogens (tertiary/aromatic N) is 2. The number of halogens is 2. The van der Waals surface area contributed by atoms with Crippen LogP contribution in [0.15, 0.2) is 53.4 Å². The van der Waals surface area contributed by atoms with Crippen molar-refractivity contribution in [2.75, 3.05) is 11.9 Å². The topological polar surface area (TPSA) is 64.0 Å². The van der Waals surface area contributed by atoms with Gasteiger partial charge in [0.2, 0.25) is 9.84 Å². The third-order valence-electron chi connectivity index (χ3n) is 4.20. The molecule has 0 atom stereocenters. The average Bonchev–Trinajstić information content (AvgIpc) is 2.95. The number of aromatic nitrogens is 2. The first-order valence-electron chi connectivity index (χ1n) is 8.16. The number of benzene rings is 2. The minimum Gasteiger partial charge on any atom is -0.384 e. The quantitative estimate of drug-likeness (QED) is 0.637. The van der Waals surface area contributed by atoms with E-state index in [-0.39, 0.29) is 10.6 Å². The summed E-state index contributed by atoms with van der Waals surface area (Å²) in [6, 6.07) is 13.5. The number of sulfone groups is 1. The molecule has 3 aromatic rings. The summed E-state index contributed by atoms with van der Waals surface area (Å²) >= 11 is 0. The molecular weight excluding hydrogens is 360 g/mol. The van der Waals surface area contributed by atoms with Crippen LogP contribution in [0.4, 0.5) is 14.5 Å². The van der Waals surface area contributed by atoms with Gasteiger partial charge in [0.05, 0.1) is 21.6 Å². The van der Waals surface area contributed by atoms with Gasteiger partial charge in [-0.1, -0.05) is 24.3 Å². The second-order valence-electron chi connectivity index (χ2n) is 5.91. The maximum absolute atomic E-state index is 12.8. The van der Waals surface area contributed by atoms with E-state index in [1.54, 1.807) is 6.07 Å². The second-order valence-corrected chi connectivity index (χ2v) is 7.79. The van der Waals surface area contributed by atoms with E-state index in [0.717, 1.165) is 16.9 Å². The molecule has 0 bridgehead atoms. The third kappa shape index (κ3) is 3.55. The van der Waals surface area contributed by atoms with Gasteiger partial charge in [-0.15, -0.1) is 0 Å². The molecule has 1 N–H and O–H groups in total. The highest BCUT2D eigenvalue weighted by molar-refractivity contribution is 7.91. The van der Waals surface area contributed by atoms with Gasteiger partial charge >= 0.3 is 5.76 Å². The Morgan fingerprint density at radius 2 is 1.81 bits per heavy atom. The summed E-state index contributed by atoms with van der Waals surface area (Å²) in [6.45, 7) is 0.443. The summed E-state index contributed by atoms with van der Waals surface area (Å²) in [5.74, 6) is -2.52. The Balaban J connectivity index is 1.66. The van der Waals surface area contributed by atoms with E-state index in [1.165, 1.54) is 18.2 Å². The smallest absolute Gasteiger partial charge is 0.341 e. The van der Waals surface area contributed by atoms with Gasteiger partial charge in [-0.2, -0.15) is 8.78 Å². The van der Waals surface area contributed by atoms with Crippen LogP contribution in [0.25, 0.3) is 11.0 Å². The molecule has 3 rings (SSSR count). The Morgan fingerprint density at radius 3 is 2.54 bits per heavy atom. The molecule has 1 heterocycles. The van der Waals surface area contributed by atoms with Crippen molar-refractivity contribution in [1.82, 2.24) is 9.55 Å². The molecule has 0 radical (unpaired) electrons. The molecule has 0 amide bonds. The molecule has 0 saturated carbocycles. The Morgan fingerprint density at radius 1 is 1.12 bits per heavy atom. The van der Waals surface area contributed by atoms with Gasteiger partial charge in [0.15, 0.2) is 0 Å². The molecule has 8 heteroatoms. The van der Waals surface area contributed by atoms with Crippen LogP contribution in [-0.4, -0.2) is 30.3 Å². The molecule has 1 aromatic heterocycles. The van der Waals surface area contributed by atoms with E-state index in [0.29, 0.717) is 19.4 Å². The number of rotatable bonds is 7. The molecule has 0 saturated heterocycles. The molecule has 0 aliphatic heterocycles. The van der Waals surface area contributed by atoms with E-state index in [1.807, 2.05) is 35.9 Å². The molecule has 0 aliphatic rings. The lowest BCUT2D eigenvalue weighted by atomic mass is 10.2. The fraction of sp³-hybridized carbons (Fsp3) is 0.278. The molecule has 0 spiro atoms. The Bertz CT molecular complexity index is 1020. The van der Waals surface area contributed by atoms with Gasteiger partial charge in [-0.25, -0.2) is 13.4 Å². The number of fused-ring (bicyclic) bond motifs is 1. The molecule has 5 nitrogen and oxygen atoms in total. The largest absolute Gasteiger partial charge is 0.384 e. The van der Waals surface area contributed by atoms with Crippen molar-refractivity contribution in [3.63, 3.8) is 0 Å². The summed E-state index contributed by atoms with van der Waals surface area (Å²) in [6.07, 6.45) is 1.36. The number of anilines is 1. The van der Waals surface area contributed by atoms with Crippen molar-refractivity contribution in [1.29, 1.82) is 0 Å². The molecule has 2 aromatic carbocycles. The number of hydrogen-bond acceptors (Lipinski definition) is 4. The van der Waals surface area contributed by atoms with E-state index in [2.05, 4.69) is 10.3 Å². The standard InChI is InChI=1S/C18H19F2N3O2S/c1-23-15-9-4-2-7-13(15)22-17(23)11-6-12-21-14-8-3-5-10-16(14)26(24,25)18(19)20/h2-5,7-10,18,21H,6,11-12H2,1H3. The maximum atomic E-state index is 12.8. The molecule has 0 unspecified atom stereocenters. The zero-order valence-electron chi connectivity index (χ0n) is 14.2. The van der Waals surface area contributed by atoms with Crippen LogP contribution in [0.5, 0.6) is 0 Å². The van der Waals surface area contributed by atoms with Crippen molar-refractivity contribution in [2.24, 2.45) is 7.05 Å². The number of hydrogen-bond donors (Lipinski definition) is 1. The lowest BCUT2D eigenvalue weighted by molar-refractivity contribution is 0.235. The van der Waals surface area contributed by atoms with E-state index in [4.69, 9.17) is 0 Å². The maximum Gasteiger partial charge on any atom is 0.341 e. The van der Waals surface area contributed by atoms with Crippen molar-refractivity contribution in [3.8, 4) is 0 Å². The van der Waals surface area contributed by atoms with Gasteiger partial charge in [-0.05, 0) is 30.7 Å². The van der Waals surface area contributed by atoms with E-state index in [9.17, 15) is 17.2 Å². The lowest BCUT2D eigenvalue weighted by Gasteiger charge is -2.12. The van der Waals surface area contributed by atoms with Crippen LogP contribution in [0.3, 0.4) is 0 Å². The minimum atomic E-state index is -4.63. The van der Waals surface area contributed by atoms with Crippen molar-refractivity contribution < 1.29 is 17.2 Å². The number of aryl methyl sites for hydroxylation is 2. The van der Waals surface area contributed by atoms with Crippen LogP contribution in [0.1, 0.15) is 12.2 Å². The van der Waals surface area contributed by atoms with Gasteiger partial charge < -0.3 is 9.88 Å². The summed E-state index contributed by atoms with van der Waals surface area (Å²) < 4.78 is 51.1.